The van der Waals surface area contributed by atoms with Gasteiger partial charge in [-0.25, -0.2) is 0 Å². The van der Waals surface area contributed by atoms with E-state index in [1.165, 1.54) is 6.92 Å². The first-order chi connectivity index (χ1) is 8.47. The highest BCUT2D eigenvalue weighted by Gasteiger charge is 2.41. The largest absolute Gasteiger partial charge is 0.452 e. The van der Waals surface area contributed by atoms with Crippen LogP contribution < -0.4 is 5.32 Å². The smallest absolute Gasteiger partial charge is 0.309 e. The van der Waals surface area contributed by atoms with Crippen LogP contribution in [-0.2, 0) is 14.3 Å². The number of esters is 1. The van der Waals surface area contributed by atoms with Crippen LogP contribution in [0.2, 0.25) is 0 Å². The van der Waals surface area contributed by atoms with Gasteiger partial charge in [-0.3, -0.25) is 9.59 Å². The number of ether oxygens (including phenoxy) is 1. The Labute approximate surface area is 105 Å². The minimum Gasteiger partial charge on any atom is -0.452 e. The van der Waals surface area contributed by atoms with Crippen LogP contribution in [0.3, 0.4) is 0 Å². The number of anilines is 1. The predicted octanol–water partition coefficient (Wildman–Crippen LogP) is 1.51. The molecule has 1 aliphatic carbocycles. The van der Waals surface area contributed by atoms with Gasteiger partial charge in [-0.2, -0.15) is 0 Å². The normalized spacial score (nSPS) is 23.3. The molecule has 18 heavy (non-hydrogen) atoms. The summed E-state index contributed by atoms with van der Waals surface area (Å²) in [6.07, 6.45) is 0.0117. The summed E-state index contributed by atoms with van der Waals surface area (Å²) in [5.41, 5.74) is 0. The number of hydrogen-bond acceptors (Lipinski definition) is 5. The van der Waals surface area contributed by atoms with Crippen molar-refractivity contribution in [2.75, 3.05) is 5.32 Å². The van der Waals surface area contributed by atoms with E-state index in [4.69, 9.17) is 9.26 Å². The molecule has 0 saturated heterocycles. The molecule has 1 fully saturated rings. The van der Waals surface area contributed by atoms with Gasteiger partial charge in [0.05, 0.1) is 5.92 Å². The summed E-state index contributed by atoms with van der Waals surface area (Å²) in [7, 11) is 0. The Hall–Kier alpha value is -1.85. The third kappa shape index (κ3) is 2.88. The minimum absolute atomic E-state index is 0.0467. The lowest BCUT2D eigenvalue weighted by Crippen LogP contribution is -2.30. The van der Waals surface area contributed by atoms with E-state index in [1.807, 2.05) is 6.92 Å². The summed E-state index contributed by atoms with van der Waals surface area (Å²) in [5, 5.41) is 6.15. The monoisotopic (exact) mass is 252 g/mol. The van der Waals surface area contributed by atoms with E-state index in [9.17, 15) is 9.59 Å². The molecule has 1 aromatic heterocycles. The molecule has 0 aliphatic heterocycles. The van der Waals surface area contributed by atoms with Gasteiger partial charge in [0, 0.05) is 6.07 Å². The SMILES string of the molecule is Cc1cc(NC(=O)[C@H](C)OC(=O)[C@@H]2C[C@@H]2C)no1. The molecule has 1 amide bonds. The van der Waals surface area contributed by atoms with Gasteiger partial charge in [0.25, 0.3) is 5.91 Å². The summed E-state index contributed by atoms with van der Waals surface area (Å²) >= 11 is 0. The van der Waals surface area contributed by atoms with Gasteiger partial charge in [0.15, 0.2) is 11.9 Å². The maximum absolute atomic E-state index is 11.7. The van der Waals surface area contributed by atoms with Crippen molar-refractivity contribution >= 4 is 17.7 Å². The molecule has 0 bridgehead atoms. The average Bonchev–Trinajstić information content (AvgIpc) is 2.90. The molecule has 3 atom stereocenters. The standard InChI is InChI=1S/C12H16N2O4/c1-6-4-9(6)12(16)17-8(3)11(15)13-10-5-7(2)18-14-10/h5-6,8-9H,4H2,1-3H3,(H,13,14,15)/t6-,8-,9+/m0/s1. The molecule has 1 heterocycles. The van der Waals surface area contributed by atoms with Gasteiger partial charge in [-0.05, 0) is 26.2 Å². The second-order valence-electron chi connectivity index (χ2n) is 4.71. The number of aryl methyl sites for hydroxylation is 1. The van der Waals surface area contributed by atoms with Crippen LogP contribution in [0.1, 0.15) is 26.0 Å². The highest BCUT2D eigenvalue weighted by atomic mass is 16.5. The van der Waals surface area contributed by atoms with Crippen molar-refractivity contribution in [3.8, 4) is 0 Å². The topological polar surface area (TPSA) is 81.4 Å². The lowest BCUT2D eigenvalue weighted by molar-refractivity contribution is -0.154. The molecule has 6 nitrogen and oxygen atoms in total. The number of carbonyl (C=O) groups excluding carboxylic acids is 2. The lowest BCUT2D eigenvalue weighted by Gasteiger charge is -2.11. The Morgan fingerprint density at radius 1 is 1.61 bits per heavy atom. The van der Waals surface area contributed by atoms with Crippen LogP contribution in [0.25, 0.3) is 0 Å². The second-order valence-corrected chi connectivity index (χ2v) is 4.71. The third-order valence-electron chi connectivity index (χ3n) is 2.95. The molecule has 1 saturated carbocycles. The van der Waals surface area contributed by atoms with Crippen molar-refractivity contribution in [1.82, 2.24) is 5.16 Å². The number of carbonyl (C=O) groups is 2. The molecule has 2 rings (SSSR count). The van der Waals surface area contributed by atoms with E-state index in [0.717, 1.165) is 6.42 Å². The highest BCUT2D eigenvalue weighted by Crippen LogP contribution is 2.38. The van der Waals surface area contributed by atoms with E-state index in [1.54, 1.807) is 13.0 Å². The van der Waals surface area contributed by atoms with Crippen LogP contribution in [0.5, 0.6) is 0 Å². The Bertz CT molecular complexity index is 468. The molecule has 1 N–H and O–H groups in total. The second kappa shape index (κ2) is 4.80. The third-order valence-corrected chi connectivity index (χ3v) is 2.95. The lowest BCUT2D eigenvalue weighted by atomic mass is 10.3. The number of nitrogens with zero attached hydrogens (tertiary/aromatic N) is 1. The van der Waals surface area contributed by atoms with Gasteiger partial charge < -0.3 is 14.6 Å². The molecule has 1 aliphatic rings. The van der Waals surface area contributed by atoms with Crippen molar-refractivity contribution in [1.29, 1.82) is 0 Å². The maximum atomic E-state index is 11.7. The molecule has 0 spiro atoms. The molecule has 6 heteroatoms. The fourth-order valence-electron chi connectivity index (χ4n) is 1.62. The summed E-state index contributed by atoms with van der Waals surface area (Å²) in [6, 6.07) is 1.59. The average molecular weight is 252 g/mol. The van der Waals surface area contributed by atoms with Crippen LogP contribution in [0.4, 0.5) is 5.82 Å². The zero-order valence-corrected chi connectivity index (χ0v) is 10.6. The summed E-state index contributed by atoms with van der Waals surface area (Å²) in [4.78, 5) is 23.3. The van der Waals surface area contributed by atoms with Crippen molar-refractivity contribution in [2.45, 2.75) is 33.3 Å². The van der Waals surface area contributed by atoms with Crippen molar-refractivity contribution in [2.24, 2.45) is 11.8 Å². The predicted molar refractivity (Wildman–Crippen MR) is 62.7 cm³/mol. The highest BCUT2D eigenvalue weighted by molar-refractivity contribution is 5.94. The fourth-order valence-corrected chi connectivity index (χ4v) is 1.62. The summed E-state index contributed by atoms with van der Waals surface area (Å²) in [5.74, 6) is 0.522. The van der Waals surface area contributed by atoms with Crippen molar-refractivity contribution < 1.29 is 18.8 Å². The van der Waals surface area contributed by atoms with Gasteiger partial charge in [0.1, 0.15) is 5.76 Å². The first kappa shape index (κ1) is 12.6. The Morgan fingerprint density at radius 3 is 2.78 bits per heavy atom. The van der Waals surface area contributed by atoms with E-state index in [0.29, 0.717) is 17.5 Å². The Kier molecular flexibility index (Phi) is 3.36. The van der Waals surface area contributed by atoms with E-state index >= 15 is 0 Å². The first-order valence-corrected chi connectivity index (χ1v) is 5.92. The zero-order chi connectivity index (χ0) is 13.3. The zero-order valence-electron chi connectivity index (χ0n) is 10.6. The van der Waals surface area contributed by atoms with Crippen LogP contribution in [-0.4, -0.2) is 23.1 Å². The number of hydrogen-bond donors (Lipinski definition) is 1. The molecule has 98 valence electrons. The number of aromatic nitrogens is 1. The Balaban J connectivity index is 1.83. The molecule has 1 aromatic rings. The van der Waals surface area contributed by atoms with Crippen molar-refractivity contribution in [3.63, 3.8) is 0 Å². The van der Waals surface area contributed by atoms with Crippen LogP contribution in [0.15, 0.2) is 10.6 Å². The number of amides is 1. The maximum Gasteiger partial charge on any atom is 0.309 e. The van der Waals surface area contributed by atoms with E-state index in [-0.39, 0.29) is 11.9 Å². The number of nitrogens with one attached hydrogen (secondary N) is 1. The fraction of sp³-hybridized carbons (Fsp3) is 0.583. The molecular formula is C12H16N2O4. The van der Waals surface area contributed by atoms with Gasteiger partial charge in [-0.1, -0.05) is 12.1 Å². The molecule has 0 unspecified atom stereocenters. The molecule has 0 radical (unpaired) electrons. The number of rotatable bonds is 4. The minimum atomic E-state index is -0.831. The van der Waals surface area contributed by atoms with Gasteiger partial charge in [-0.15, -0.1) is 0 Å². The van der Waals surface area contributed by atoms with Crippen LogP contribution >= 0.6 is 0 Å². The van der Waals surface area contributed by atoms with Crippen LogP contribution in [0, 0.1) is 18.8 Å². The quantitative estimate of drug-likeness (QED) is 0.821. The van der Waals surface area contributed by atoms with Crippen molar-refractivity contribution in [3.05, 3.63) is 11.8 Å². The summed E-state index contributed by atoms with van der Waals surface area (Å²) in [6.45, 7) is 5.24. The van der Waals surface area contributed by atoms with Gasteiger partial charge >= 0.3 is 5.97 Å². The van der Waals surface area contributed by atoms with E-state index < -0.39 is 12.0 Å². The van der Waals surface area contributed by atoms with E-state index in [2.05, 4.69) is 10.5 Å². The summed E-state index contributed by atoms with van der Waals surface area (Å²) < 4.78 is 9.89. The molecule has 0 aromatic carbocycles. The van der Waals surface area contributed by atoms with Gasteiger partial charge in [0.2, 0.25) is 0 Å². The first-order valence-electron chi connectivity index (χ1n) is 5.92. The Morgan fingerprint density at radius 2 is 2.28 bits per heavy atom. The molecular weight excluding hydrogens is 236 g/mol.